The van der Waals surface area contributed by atoms with Gasteiger partial charge in [-0.3, -0.25) is 0 Å². The van der Waals surface area contributed by atoms with Crippen LogP contribution in [0.25, 0.3) is 0 Å². The van der Waals surface area contributed by atoms with Gasteiger partial charge in [-0.1, -0.05) is 23.8 Å². The molecule has 13 heavy (non-hydrogen) atoms. The molecule has 1 atom stereocenters. The van der Waals surface area contributed by atoms with Crippen molar-refractivity contribution < 1.29 is 0 Å². The Bertz CT molecular complexity index is 336. The maximum atomic E-state index is 8.88. The average molecular weight is 174 g/mol. The Labute approximate surface area is 79.2 Å². The van der Waals surface area contributed by atoms with Crippen LogP contribution in [0.3, 0.4) is 0 Å². The van der Waals surface area contributed by atoms with Gasteiger partial charge in [0.15, 0.2) is 0 Å². The molecule has 0 fully saturated rings. The standard InChI is InChI=1S/C11H14N2/c1-8-4-5-9(2)10(6-8)11(7-12)13-3/h4-6,11,13H,1-3H3. The summed E-state index contributed by atoms with van der Waals surface area (Å²) in [5, 5.41) is 11.9. The number of hydrogen-bond acceptors (Lipinski definition) is 2. The lowest BCUT2D eigenvalue weighted by Gasteiger charge is -2.11. The third-order valence-electron chi connectivity index (χ3n) is 2.16. The first-order valence-corrected chi connectivity index (χ1v) is 4.33. The first-order valence-electron chi connectivity index (χ1n) is 4.33. The summed E-state index contributed by atoms with van der Waals surface area (Å²) >= 11 is 0. The molecule has 1 unspecified atom stereocenters. The van der Waals surface area contributed by atoms with Crippen molar-refractivity contribution in [1.29, 1.82) is 5.26 Å². The number of rotatable bonds is 2. The SMILES string of the molecule is CNC(C#N)c1cc(C)ccc1C. The number of nitriles is 1. The maximum Gasteiger partial charge on any atom is 0.121 e. The van der Waals surface area contributed by atoms with E-state index in [4.69, 9.17) is 5.26 Å². The van der Waals surface area contributed by atoms with Crippen molar-refractivity contribution in [3.05, 3.63) is 34.9 Å². The Morgan fingerprint density at radius 2 is 2.08 bits per heavy atom. The molecule has 0 aliphatic rings. The molecule has 0 amide bonds. The maximum absolute atomic E-state index is 8.88. The molecule has 1 aromatic rings. The van der Waals surface area contributed by atoms with Gasteiger partial charge in [0.25, 0.3) is 0 Å². The Balaban J connectivity index is 3.13. The van der Waals surface area contributed by atoms with Crippen LogP contribution in [0.15, 0.2) is 18.2 Å². The summed E-state index contributed by atoms with van der Waals surface area (Å²) in [6, 6.07) is 8.19. The van der Waals surface area contributed by atoms with Crippen LogP contribution in [0.5, 0.6) is 0 Å². The summed E-state index contributed by atoms with van der Waals surface area (Å²) in [5.41, 5.74) is 3.42. The van der Waals surface area contributed by atoms with E-state index in [1.165, 1.54) is 5.56 Å². The first kappa shape index (κ1) is 9.76. The Morgan fingerprint density at radius 3 is 2.62 bits per heavy atom. The molecule has 2 nitrogen and oxygen atoms in total. The minimum Gasteiger partial charge on any atom is -0.301 e. The van der Waals surface area contributed by atoms with Crippen LogP contribution in [-0.4, -0.2) is 7.05 Å². The zero-order valence-corrected chi connectivity index (χ0v) is 8.26. The fraction of sp³-hybridized carbons (Fsp3) is 0.364. The topological polar surface area (TPSA) is 35.8 Å². The second kappa shape index (κ2) is 4.06. The van der Waals surface area contributed by atoms with Crippen LogP contribution < -0.4 is 5.32 Å². The fourth-order valence-electron chi connectivity index (χ4n) is 1.36. The molecule has 68 valence electrons. The van der Waals surface area contributed by atoms with Crippen molar-refractivity contribution in [2.45, 2.75) is 19.9 Å². The largest absolute Gasteiger partial charge is 0.301 e. The van der Waals surface area contributed by atoms with Crippen molar-refractivity contribution in [3.8, 4) is 6.07 Å². The Morgan fingerprint density at radius 1 is 1.38 bits per heavy atom. The van der Waals surface area contributed by atoms with Crippen molar-refractivity contribution in [2.24, 2.45) is 0 Å². The van der Waals surface area contributed by atoms with Gasteiger partial charge < -0.3 is 5.32 Å². The lowest BCUT2D eigenvalue weighted by Crippen LogP contribution is -2.15. The zero-order chi connectivity index (χ0) is 9.84. The van der Waals surface area contributed by atoms with Gasteiger partial charge in [-0.2, -0.15) is 5.26 Å². The van der Waals surface area contributed by atoms with Gasteiger partial charge in [0.1, 0.15) is 6.04 Å². The predicted molar refractivity (Wildman–Crippen MR) is 53.3 cm³/mol. The van der Waals surface area contributed by atoms with E-state index >= 15 is 0 Å². The molecule has 0 aromatic heterocycles. The molecule has 0 aliphatic carbocycles. The number of nitrogens with zero attached hydrogens (tertiary/aromatic N) is 1. The molecule has 0 aliphatic heterocycles. The van der Waals surface area contributed by atoms with Crippen molar-refractivity contribution in [2.75, 3.05) is 7.05 Å². The Kier molecular flexibility index (Phi) is 3.05. The van der Waals surface area contributed by atoms with Gasteiger partial charge in [-0.05, 0) is 32.0 Å². The highest BCUT2D eigenvalue weighted by Gasteiger charge is 2.09. The lowest BCUT2D eigenvalue weighted by molar-refractivity contribution is 0.722. The molecular formula is C11H14N2. The smallest absolute Gasteiger partial charge is 0.121 e. The predicted octanol–water partition coefficient (Wildman–Crippen LogP) is 2.09. The van der Waals surface area contributed by atoms with E-state index in [9.17, 15) is 0 Å². The van der Waals surface area contributed by atoms with Crippen LogP contribution >= 0.6 is 0 Å². The van der Waals surface area contributed by atoms with Crippen LogP contribution in [0.1, 0.15) is 22.7 Å². The van der Waals surface area contributed by atoms with Gasteiger partial charge >= 0.3 is 0 Å². The summed E-state index contributed by atoms with van der Waals surface area (Å²) in [5.74, 6) is 0. The summed E-state index contributed by atoms with van der Waals surface area (Å²) in [7, 11) is 1.80. The highest BCUT2D eigenvalue weighted by atomic mass is 14.9. The molecule has 0 saturated carbocycles. The van der Waals surface area contributed by atoms with Crippen LogP contribution in [0, 0.1) is 25.2 Å². The molecule has 1 rings (SSSR count). The third-order valence-corrected chi connectivity index (χ3v) is 2.16. The second-order valence-electron chi connectivity index (χ2n) is 3.21. The van der Waals surface area contributed by atoms with E-state index in [1.54, 1.807) is 7.05 Å². The number of nitrogens with one attached hydrogen (secondary N) is 1. The highest BCUT2D eigenvalue weighted by Crippen LogP contribution is 2.17. The molecule has 0 saturated heterocycles. The van der Waals surface area contributed by atoms with E-state index in [-0.39, 0.29) is 6.04 Å². The first-order chi connectivity index (χ1) is 6.19. The van der Waals surface area contributed by atoms with E-state index in [1.807, 2.05) is 19.9 Å². The van der Waals surface area contributed by atoms with E-state index in [2.05, 4.69) is 23.5 Å². The number of benzene rings is 1. The molecule has 2 heteroatoms. The number of aryl methyl sites for hydroxylation is 2. The summed E-state index contributed by atoms with van der Waals surface area (Å²) in [6.45, 7) is 4.06. The van der Waals surface area contributed by atoms with Gasteiger partial charge in [-0.15, -0.1) is 0 Å². The quantitative estimate of drug-likeness (QED) is 0.745. The molecule has 1 aromatic carbocycles. The van der Waals surface area contributed by atoms with Gasteiger partial charge in [0.05, 0.1) is 6.07 Å². The minimum atomic E-state index is -0.195. The molecule has 0 heterocycles. The molecular weight excluding hydrogens is 160 g/mol. The molecule has 1 N–H and O–H groups in total. The minimum absolute atomic E-state index is 0.195. The van der Waals surface area contributed by atoms with Crippen LogP contribution in [0.2, 0.25) is 0 Å². The van der Waals surface area contributed by atoms with Crippen molar-refractivity contribution >= 4 is 0 Å². The van der Waals surface area contributed by atoms with Gasteiger partial charge in [-0.25, -0.2) is 0 Å². The van der Waals surface area contributed by atoms with Crippen molar-refractivity contribution in [3.63, 3.8) is 0 Å². The van der Waals surface area contributed by atoms with E-state index < -0.39 is 0 Å². The second-order valence-corrected chi connectivity index (χ2v) is 3.21. The average Bonchev–Trinajstić information content (AvgIpc) is 2.13. The monoisotopic (exact) mass is 174 g/mol. The fourth-order valence-corrected chi connectivity index (χ4v) is 1.36. The summed E-state index contributed by atoms with van der Waals surface area (Å²) in [6.07, 6.45) is 0. The molecule has 0 spiro atoms. The van der Waals surface area contributed by atoms with Gasteiger partial charge in [0.2, 0.25) is 0 Å². The van der Waals surface area contributed by atoms with Crippen LogP contribution in [0.4, 0.5) is 0 Å². The highest BCUT2D eigenvalue weighted by molar-refractivity contribution is 5.35. The third kappa shape index (κ3) is 2.07. The normalized spacial score (nSPS) is 12.2. The van der Waals surface area contributed by atoms with Crippen LogP contribution in [-0.2, 0) is 0 Å². The van der Waals surface area contributed by atoms with Crippen molar-refractivity contribution in [1.82, 2.24) is 5.32 Å². The van der Waals surface area contributed by atoms with E-state index in [0.29, 0.717) is 0 Å². The summed E-state index contributed by atoms with van der Waals surface area (Å²) in [4.78, 5) is 0. The Hall–Kier alpha value is -1.33. The lowest BCUT2D eigenvalue weighted by atomic mass is 10.00. The zero-order valence-electron chi connectivity index (χ0n) is 8.26. The number of hydrogen-bond donors (Lipinski definition) is 1. The molecule has 0 radical (unpaired) electrons. The van der Waals surface area contributed by atoms with E-state index in [0.717, 1.165) is 11.1 Å². The molecule has 0 bridgehead atoms. The summed E-state index contributed by atoms with van der Waals surface area (Å²) < 4.78 is 0. The van der Waals surface area contributed by atoms with Gasteiger partial charge in [0, 0.05) is 0 Å².